The van der Waals surface area contributed by atoms with E-state index in [1.54, 1.807) is 36.4 Å². The number of ketones is 1. The Balaban J connectivity index is 1.50. The lowest BCUT2D eigenvalue weighted by Gasteiger charge is -2.13. The molecule has 196 valence electrons. The zero-order valence-electron chi connectivity index (χ0n) is 20.4. The van der Waals surface area contributed by atoms with E-state index in [1.165, 1.54) is 31.3 Å². The molecule has 0 atom stereocenters. The predicted octanol–water partition coefficient (Wildman–Crippen LogP) is 6.25. The van der Waals surface area contributed by atoms with Gasteiger partial charge in [0.1, 0.15) is 17.2 Å². The molecule has 0 spiro atoms. The van der Waals surface area contributed by atoms with Crippen LogP contribution in [-0.2, 0) is 10.0 Å². The van der Waals surface area contributed by atoms with Crippen LogP contribution in [-0.4, -0.2) is 32.9 Å². The standard InChI is InChI=1S/C28H24BrFN2O5S/c1-31-28(34)26-21-14-20(16-6-7-16)23(15-25(21)37-27(26)17-8-10-18(30)11-9-17)32-38(35,36)13-12-24(33)19-4-2-3-5-22(19)29/h2-5,8-11,14-16,32H,6-7,12-13H2,1H3,(H,31,34). The SMILES string of the molecule is CNC(=O)c1c(-c2ccc(F)cc2)oc2cc(NS(=O)(=O)CCC(=O)c3ccccc3Br)c(C3CC3)cc12. The van der Waals surface area contributed by atoms with E-state index in [1.807, 2.05) is 0 Å². The van der Waals surface area contributed by atoms with Crippen molar-refractivity contribution in [3.05, 3.63) is 87.6 Å². The summed E-state index contributed by atoms with van der Waals surface area (Å²) in [4.78, 5) is 25.5. The molecule has 0 saturated heterocycles. The number of furan rings is 1. The van der Waals surface area contributed by atoms with Crippen molar-refractivity contribution in [1.29, 1.82) is 0 Å². The zero-order valence-corrected chi connectivity index (χ0v) is 22.8. The van der Waals surface area contributed by atoms with Crippen molar-refractivity contribution in [3.63, 3.8) is 0 Å². The number of sulfonamides is 1. The fourth-order valence-corrected chi connectivity index (χ4v) is 5.98. The van der Waals surface area contributed by atoms with Crippen LogP contribution >= 0.6 is 15.9 Å². The number of anilines is 1. The highest BCUT2D eigenvalue weighted by atomic mass is 79.9. The van der Waals surface area contributed by atoms with E-state index < -0.39 is 21.6 Å². The van der Waals surface area contributed by atoms with Gasteiger partial charge >= 0.3 is 0 Å². The summed E-state index contributed by atoms with van der Waals surface area (Å²) in [6.45, 7) is 0. The Hall–Kier alpha value is -3.50. The van der Waals surface area contributed by atoms with E-state index in [0.29, 0.717) is 37.8 Å². The van der Waals surface area contributed by atoms with Crippen LogP contribution < -0.4 is 10.0 Å². The molecule has 1 aliphatic carbocycles. The molecular weight excluding hydrogens is 575 g/mol. The topological polar surface area (TPSA) is 105 Å². The lowest BCUT2D eigenvalue weighted by atomic mass is 10.0. The van der Waals surface area contributed by atoms with E-state index in [4.69, 9.17) is 4.42 Å². The Morgan fingerprint density at radius 1 is 1.08 bits per heavy atom. The third kappa shape index (κ3) is 5.37. The van der Waals surface area contributed by atoms with E-state index in [9.17, 15) is 22.4 Å². The van der Waals surface area contributed by atoms with Crippen molar-refractivity contribution in [1.82, 2.24) is 5.32 Å². The summed E-state index contributed by atoms with van der Waals surface area (Å²) in [7, 11) is -2.37. The monoisotopic (exact) mass is 598 g/mol. The van der Waals surface area contributed by atoms with Gasteiger partial charge in [0.2, 0.25) is 10.0 Å². The molecule has 3 aromatic carbocycles. The van der Waals surface area contributed by atoms with Crippen LogP contribution in [0.5, 0.6) is 0 Å². The molecule has 0 bridgehead atoms. The van der Waals surface area contributed by atoms with Crippen LogP contribution in [0.3, 0.4) is 0 Å². The minimum absolute atomic E-state index is 0.140. The number of rotatable bonds is 9. The minimum Gasteiger partial charge on any atom is -0.455 e. The molecule has 7 nitrogen and oxygen atoms in total. The summed E-state index contributed by atoms with van der Waals surface area (Å²) in [5.41, 5.74) is 2.67. The first-order valence-corrected chi connectivity index (χ1v) is 14.5. The van der Waals surface area contributed by atoms with E-state index >= 15 is 0 Å². The molecule has 1 saturated carbocycles. The van der Waals surface area contributed by atoms with Gasteiger partial charge in [0.15, 0.2) is 5.78 Å². The molecule has 1 fully saturated rings. The molecule has 1 aromatic heterocycles. The van der Waals surface area contributed by atoms with Gasteiger partial charge in [-0.1, -0.05) is 34.1 Å². The van der Waals surface area contributed by atoms with E-state index in [2.05, 4.69) is 26.0 Å². The fourth-order valence-electron chi connectivity index (χ4n) is 4.40. The molecule has 5 rings (SSSR count). The number of nitrogens with one attached hydrogen (secondary N) is 2. The maximum absolute atomic E-state index is 13.5. The molecule has 4 aromatic rings. The molecule has 1 aliphatic rings. The first kappa shape index (κ1) is 26.1. The highest BCUT2D eigenvalue weighted by Gasteiger charge is 2.31. The van der Waals surface area contributed by atoms with Crippen LogP contribution in [0, 0.1) is 5.82 Å². The lowest BCUT2D eigenvalue weighted by Crippen LogP contribution is -2.20. The number of carbonyl (C=O) groups is 2. The number of Topliss-reactive ketones (excluding diaryl/α,β-unsaturated/α-hetero) is 1. The smallest absolute Gasteiger partial charge is 0.255 e. The summed E-state index contributed by atoms with van der Waals surface area (Å²) in [6, 6.07) is 15.8. The van der Waals surface area contributed by atoms with Crippen LogP contribution in [0.25, 0.3) is 22.3 Å². The Kier molecular flexibility index (Phi) is 7.11. The summed E-state index contributed by atoms with van der Waals surface area (Å²) in [5.74, 6) is -1.06. The van der Waals surface area contributed by atoms with Crippen molar-refractivity contribution in [2.75, 3.05) is 17.5 Å². The second kappa shape index (κ2) is 10.3. The quantitative estimate of drug-likeness (QED) is 0.221. The summed E-state index contributed by atoms with van der Waals surface area (Å²) < 4.78 is 48.9. The molecule has 0 radical (unpaired) electrons. The van der Waals surface area contributed by atoms with Gasteiger partial charge in [-0.2, -0.15) is 0 Å². The van der Waals surface area contributed by atoms with Crippen LogP contribution in [0.4, 0.5) is 10.1 Å². The molecule has 38 heavy (non-hydrogen) atoms. The van der Waals surface area contributed by atoms with Gasteiger partial charge in [0, 0.05) is 40.5 Å². The number of amides is 1. The number of halogens is 2. The van der Waals surface area contributed by atoms with Crippen LogP contribution in [0.1, 0.15) is 51.5 Å². The van der Waals surface area contributed by atoms with Gasteiger partial charge in [-0.3, -0.25) is 14.3 Å². The molecule has 1 amide bonds. The number of carbonyl (C=O) groups excluding carboxylic acids is 2. The zero-order chi connectivity index (χ0) is 27.0. The van der Waals surface area contributed by atoms with Gasteiger partial charge in [0.05, 0.1) is 17.0 Å². The fraction of sp³-hybridized carbons (Fsp3) is 0.214. The Morgan fingerprint density at radius 2 is 1.79 bits per heavy atom. The van der Waals surface area contributed by atoms with Gasteiger partial charge < -0.3 is 9.73 Å². The van der Waals surface area contributed by atoms with Crippen molar-refractivity contribution in [2.24, 2.45) is 0 Å². The minimum atomic E-state index is -3.88. The maximum Gasteiger partial charge on any atom is 0.255 e. The summed E-state index contributed by atoms with van der Waals surface area (Å²) >= 11 is 3.33. The predicted molar refractivity (Wildman–Crippen MR) is 147 cm³/mol. The van der Waals surface area contributed by atoms with Gasteiger partial charge in [-0.15, -0.1) is 0 Å². The third-order valence-electron chi connectivity index (χ3n) is 6.48. The molecule has 2 N–H and O–H groups in total. The molecule has 0 unspecified atom stereocenters. The summed E-state index contributed by atoms with van der Waals surface area (Å²) in [6.07, 6.45) is 1.59. The van der Waals surface area contributed by atoms with Gasteiger partial charge in [0.25, 0.3) is 5.91 Å². The largest absolute Gasteiger partial charge is 0.455 e. The third-order valence-corrected chi connectivity index (χ3v) is 8.44. The van der Waals surface area contributed by atoms with Crippen molar-refractivity contribution >= 4 is 54.3 Å². The number of hydrogen-bond donors (Lipinski definition) is 2. The lowest BCUT2D eigenvalue weighted by molar-refractivity contribution is 0.0962. The van der Waals surface area contributed by atoms with E-state index in [0.717, 1.165) is 18.4 Å². The van der Waals surface area contributed by atoms with Gasteiger partial charge in [-0.25, -0.2) is 12.8 Å². The first-order chi connectivity index (χ1) is 18.2. The van der Waals surface area contributed by atoms with Crippen molar-refractivity contribution in [2.45, 2.75) is 25.2 Å². The molecule has 0 aliphatic heterocycles. The van der Waals surface area contributed by atoms with Crippen molar-refractivity contribution in [3.8, 4) is 11.3 Å². The average molecular weight is 599 g/mol. The number of hydrogen-bond acceptors (Lipinski definition) is 5. The Labute approximate surface area is 227 Å². The molecular formula is C28H24BrFN2O5S. The van der Waals surface area contributed by atoms with Gasteiger partial charge in [-0.05, 0) is 60.7 Å². The highest BCUT2D eigenvalue weighted by molar-refractivity contribution is 9.10. The summed E-state index contributed by atoms with van der Waals surface area (Å²) in [5, 5.41) is 3.16. The Morgan fingerprint density at radius 3 is 2.45 bits per heavy atom. The second-order valence-electron chi connectivity index (χ2n) is 9.18. The Bertz CT molecular complexity index is 1660. The molecule has 1 heterocycles. The number of fused-ring (bicyclic) bond motifs is 1. The first-order valence-electron chi connectivity index (χ1n) is 12.0. The normalized spacial score (nSPS) is 13.4. The van der Waals surface area contributed by atoms with Crippen molar-refractivity contribution < 1.29 is 26.8 Å². The van der Waals surface area contributed by atoms with E-state index in [-0.39, 0.29) is 29.8 Å². The number of benzene rings is 3. The van der Waals surface area contributed by atoms with Crippen LogP contribution in [0.15, 0.2) is 69.6 Å². The highest BCUT2D eigenvalue weighted by Crippen LogP contribution is 2.47. The van der Waals surface area contributed by atoms with Crippen LogP contribution in [0.2, 0.25) is 0 Å². The average Bonchev–Trinajstić information content (AvgIpc) is 3.67. The second-order valence-corrected chi connectivity index (χ2v) is 11.9. The maximum atomic E-state index is 13.5. The molecule has 10 heteroatoms.